The lowest BCUT2D eigenvalue weighted by Crippen LogP contribution is -2.41. The lowest BCUT2D eigenvalue weighted by Gasteiger charge is -2.17. The Morgan fingerprint density at radius 2 is 1.69 bits per heavy atom. The predicted molar refractivity (Wildman–Crippen MR) is 121 cm³/mol. The molecule has 2 heterocycles. The zero-order valence-electron chi connectivity index (χ0n) is 17.8. The summed E-state index contributed by atoms with van der Waals surface area (Å²) in [6.07, 6.45) is 3.25. The van der Waals surface area contributed by atoms with Crippen LogP contribution in [0.25, 0.3) is 0 Å². The monoisotopic (exact) mass is 500 g/mol. The SMILES string of the molecule is CC(C)(C)c1nnc(NNC(=O)c2cc[n+](CC(=O)c3ccc(Br)cc3)cc2)n(N)c1=O. The fourth-order valence-corrected chi connectivity index (χ4v) is 3.01. The summed E-state index contributed by atoms with van der Waals surface area (Å²) < 4.78 is 3.36. The maximum absolute atomic E-state index is 12.4. The highest BCUT2D eigenvalue weighted by atomic mass is 79.9. The minimum Gasteiger partial charge on any atom is -0.333 e. The number of halogens is 1. The maximum Gasteiger partial charge on any atom is 0.295 e. The summed E-state index contributed by atoms with van der Waals surface area (Å²) in [7, 11) is 0. The average Bonchev–Trinajstić information content (AvgIpc) is 2.74. The molecule has 0 aliphatic carbocycles. The summed E-state index contributed by atoms with van der Waals surface area (Å²) in [4.78, 5) is 37.1. The summed E-state index contributed by atoms with van der Waals surface area (Å²) in [6.45, 7) is 5.60. The van der Waals surface area contributed by atoms with Gasteiger partial charge in [0, 0.05) is 27.6 Å². The zero-order valence-corrected chi connectivity index (χ0v) is 19.4. The van der Waals surface area contributed by atoms with Crippen molar-refractivity contribution in [2.24, 2.45) is 0 Å². The van der Waals surface area contributed by atoms with Gasteiger partial charge >= 0.3 is 0 Å². The Morgan fingerprint density at radius 3 is 2.28 bits per heavy atom. The van der Waals surface area contributed by atoms with Crippen LogP contribution in [0.1, 0.15) is 47.2 Å². The van der Waals surface area contributed by atoms with Crippen molar-refractivity contribution < 1.29 is 14.2 Å². The largest absolute Gasteiger partial charge is 0.333 e. The lowest BCUT2D eigenvalue weighted by atomic mass is 9.93. The highest BCUT2D eigenvalue weighted by Gasteiger charge is 2.23. The van der Waals surface area contributed by atoms with Crippen molar-refractivity contribution in [3.63, 3.8) is 0 Å². The number of hydrogen-bond acceptors (Lipinski definition) is 7. The van der Waals surface area contributed by atoms with Crippen molar-refractivity contribution in [3.05, 3.63) is 80.4 Å². The number of nitrogen functional groups attached to an aromatic ring is 1. The highest BCUT2D eigenvalue weighted by molar-refractivity contribution is 9.10. The van der Waals surface area contributed by atoms with Gasteiger partial charge in [-0.1, -0.05) is 48.8 Å². The second-order valence-corrected chi connectivity index (χ2v) is 8.98. The third-order valence-corrected chi connectivity index (χ3v) is 5.07. The molecule has 0 fully saturated rings. The number of aromatic nitrogens is 4. The van der Waals surface area contributed by atoms with Gasteiger partial charge < -0.3 is 5.84 Å². The van der Waals surface area contributed by atoms with Crippen LogP contribution in [-0.4, -0.2) is 26.6 Å². The number of pyridine rings is 1. The molecular formula is C21H23BrN7O3+. The van der Waals surface area contributed by atoms with E-state index in [1.54, 1.807) is 53.4 Å². The summed E-state index contributed by atoms with van der Waals surface area (Å²) in [5, 5.41) is 7.78. The first-order chi connectivity index (χ1) is 15.1. The number of nitrogens with two attached hydrogens (primary N) is 1. The average molecular weight is 501 g/mol. The van der Waals surface area contributed by atoms with E-state index in [4.69, 9.17) is 5.84 Å². The molecule has 0 saturated carbocycles. The van der Waals surface area contributed by atoms with E-state index in [0.717, 1.165) is 9.15 Å². The van der Waals surface area contributed by atoms with Crippen molar-refractivity contribution in [2.45, 2.75) is 32.7 Å². The molecule has 3 rings (SSSR count). The minimum absolute atomic E-state index is 0.0560. The van der Waals surface area contributed by atoms with E-state index in [9.17, 15) is 14.4 Å². The van der Waals surface area contributed by atoms with Gasteiger partial charge in [-0.15, -0.1) is 10.2 Å². The Kier molecular flexibility index (Phi) is 6.68. The van der Waals surface area contributed by atoms with Crippen LogP contribution in [0, 0.1) is 0 Å². The summed E-state index contributed by atoms with van der Waals surface area (Å²) in [5.74, 6) is 5.13. The van der Waals surface area contributed by atoms with Gasteiger partial charge in [-0.05, 0) is 12.1 Å². The summed E-state index contributed by atoms with van der Waals surface area (Å²) >= 11 is 3.34. The maximum atomic E-state index is 12.4. The first-order valence-corrected chi connectivity index (χ1v) is 10.4. The minimum atomic E-state index is -0.523. The Labute approximate surface area is 192 Å². The summed E-state index contributed by atoms with van der Waals surface area (Å²) in [5.41, 5.74) is 5.02. The number of Topliss-reactive ketones (excluding diaryl/α,β-unsaturated/α-hetero) is 1. The molecule has 0 unspecified atom stereocenters. The number of rotatable bonds is 6. The molecule has 2 aromatic heterocycles. The normalized spacial score (nSPS) is 11.1. The molecule has 0 bridgehead atoms. The number of hydrazine groups is 1. The topological polar surface area (TPSA) is 136 Å². The molecule has 1 aromatic carbocycles. The molecule has 166 valence electrons. The van der Waals surface area contributed by atoms with Crippen LogP contribution in [0.3, 0.4) is 0 Å². The van der Waals surface area contributed by atoms with Gasteiger partial charge in [-0.2, -0.15) is 9.24 Å². The molecule has 0 aliphatic heterocycles. The summed E-state index contributed by atoms with van der Waals surface area (Å²) in [6, 6.07) is 10.2. The molecule has 0 aliphatic rings. The van der Waals surface area contributed by atoms with E-state index in [1.165, 1.54) is 0 Å². The van der Waals surface area contributed by atoms with Crippen molar-refractivity contribution in [1.82, 2.24) is 20.3 Å². The molecule has 3 aromatic rings. The van der Waals surface area contributed by atoms with Gasteiger partial charge in [0.15, 0.2) is 12.4 Å². The standard InChI is InChI=1S/C21H22BrN7O3/c1-21(2,3)17-19(32)29(23)20(26-24-17)27-25-18(31)14-8-10-28(11-9-14)12-16(30)13-4-6-15(22)7-5-13/h4-11,31H,12,23H2,1-3H3/p+1. The quantitative estimate of drug-likeness (QED) is 0.201. The number of anilines is 1. The Bertz CT molecular complexity index is 1200. The van der Waals surface area contributed by atoms with Crippen LogP contribution in [0.15, 0.2) is 58.1 Å². The van der Waals surface area contributed by atoms with Crippen molar-refractivity contribution in [1.29, 1.82) is 0 Å². The molecule has 0 radical (unpaired) electrons. The molecule has 32 heavy (non-hydrogen) atoms. The first kappa shape index (κ1) is 23.1. The second-order valence-electron chi connectivity index (χ2n) is 8.07. The van der Waals surface area contributed by atoms with E-state index < -0.39 is 16.9 Å². The number of ketones is 1. The van der Waals surface area contributed by atoms with E-state index in [-0.39, 0.29) is 24.0 Å². The number of hydrogen-bond donors (Lipinski definition) is 3. The molecular weight excluding hydrogens is 478 g/mol. The Morgan fingerprint density at radius 1 is 1.06 bits per heavy atom. The van der Waals surface area contributed by atoms with E-state index in [1.807, 2.05) is 20.8 Å². The Hall–Kier alpha value is -3.60. The molecule has 4 N–H and O–H groups in total. The fraction of sp³-hybridized carbons (Fsp3) is 0.238. The van der Waals surface area contributed by atoms with E-state index in [0.29, 0.717) is 11.1 Å². The van der Waals surface area contributed by atoms with E-state index >= 15 is 0 Å². The number of carbonyl (C=O) groups is 2. The highest BCUT2D eigenvalue weighted by Crippen LogP contribution is 2.15. The molecule has 10 nitrogen and oxygen atoms in total. The first-order valence-electron chi connectivity index (χ1n) is 9.66. The number of amides is 1. The van der Waals surface area contributed by atoms with Crippen molar-refractivity contribution in [2.75, 3.05) is 11.3 Å². The molecule has 11 heteroatoms. The third kappa shape index (κ3) is 5.35. The van der Waals surface area contributed by atoms with Gasteiger partial charge in [0.1, 0.15) is 5.69 Å². The van der Waals surface area contributed by atoms with Crippen LogP contribution in [0.2, 0.25) is 0 Å². The molecule has 1 amide bonds. The van der Waals surface area contributed by atoms with Crippen LogP contribution in [-0.2, 0) is 12.0 Å². The number of nitrogens with zero attached hydrogens (tertiary/aromatic N) is 4. The number of nitrogens with one attached hydrogen (secondary N) is 2. The smallest absolute Gasteiger partial charge is 0.295 e. The van der Waals surface area contributed by atoms with E-state index in [2.05, 4.69) is 37.0 Å². The Balaban J connectivity index is 1.63. The molecule has 0 spiro atoms. The van der Waals surface area contributed by atoms with Gasteiger partial charge in [0.2, 0.25) is 12.3 Å². The van der Waals surface area contributed by atoms with Gasteiger partial charge in [-0.3, -0.25) is 25.2 Å². The third-order valence-electron chi connectivity index (χ3n) is 4.54. The van der Waals surface area contributed by atoms with Crippen molar-refractivity contribution in [3.8, 4) is 0 Å². The molecule has 0 atom stereocenters. The van der Waals surface area contributed by atoms with Crippen molar-refractivity contribution >= 4 is 33.6 Å². The van der Waals surface area contributed by atoms with Gasteiger partial charge in [0.05, 0.1) is 5.56 Å². The second kappa shape index (κ2) is 9.27. The fourth-order valence-electron chi connectivity index (χ4n) is 2.75. The van der Waals surface area contributed by atoms with Crippen LogP contribution in [0.4, 0.5) is 5.95 Å². The van der Waals surface area contributed by atoms with Crippen LogP contribution >= 0.6 is 15.9 Å². The van der Waals surface area contributed by atoms with Gasteiger partial charge in [-0.25, -0.2) is 0 Å². The van der Waals surface area contributed by atoms with Crippen LogP contribution < -0.4 is 26.8 Å². The zero-order chi connectivity index (χ0) is 23.5. The predicted octanol–water partition coefficient (Wildman–Crippen LogP) is 1.34. The van der Waals surface area contributed by atoms with Gasteiger partial charge in [0.25, 0.3) is 17.4 Å². The number of benzene rings is 1. The molecule has 0 saturated heterocycles. The lowest BCUT2D eigenvalue weighted by molar-refractivity contribution is -0.683. The van der Waals surface area contributed by atoms with Crippen LogP contribution in [0.5, 0.6) is 0 Å². The number of carbonyl (C=O) groups excluding carboxylic acids is 2.